The van der Waals surface area contributed by atoms with Gasteiger partial charge in [0.05, 0.1) is 14.2 Å². The van der Waals surface area contributed by atoms with Gasteiger partial charge in [0.15, 0.2) is 28.7 Å². The monoisotopic (exact) mass is 517 g/mol. The number of hydrogen-bond acceptors (Lipinski definition) is 9. The van der Waals surface area contributed by atoms with Gasteiger partial charge in [-0.2, -0.15) is 0 Å². The Morgan fingerprint density at radius 1 is 0.737 bits per heavy atom. The molecule has 4 N–H and O–H groups in total. The second-order valence-corrected chi connectivity index (χ2v) is 8.15. The first-order valence-corrected chi connectivity index (χ1v) is 11.4. The second kappa shape index (κ2) is 11.5. The van der Waals surface area contributed by atoms with E-state index in [0.29, 0.717) is 58.7 Å². The third-order valence-electron chi connectivity index (χ3n) is 5.66. The van der Waals surface area contributed by atoms with E-state index >= 15 is 0 Å². The summed E-state index contributed by atoms with van der Waals surface area (Å²) in [5.74, 6) is 1.75. The molecule has 5 rings (SSSR count). The van der Waals surface area contributed by atoms with Crippen LogP contribution in [0.5, 0.6) is 11.5 Å². The molecule has 194 valence electrons. The van der Waals surface area contributed by atoms with Gasteiger partial charge in [-0.1, -0.05) is 24.3 Å². The minimum absolute atomic E-state index is 0. The van der Waals surface area contributed by atoms with Crippen LogP contribution >= 0.6 is 0 Å². The maximum absolute atomic E-state index is 13.3. The van der Waals surface area contributed by atoms with Crippen molar-refractivity contribution in [3.63, 3.8) is 0 Å². The molecule has 0 bridgehead atoms. The summed E-state index contributed by atoms with van der Waals surface area (Å²) < 4.78 is 37.4. The molecular formula is C27H25F2N7O2. The quantitative estimate of drug-likeness (QED) is 0.287. The van der Waals surface area contributed by atoms with Crippen molar-refractivity contribution in [1.82, 2.24) is 31.3 Å². The van der Waals surface area contributed by atoms with E-state index < -0.39 is 0 Å². The third-order valence-corrected chi connectivity index (χ3v) is 5.66. The van der Waals surface area contributed by atoms with Gasteiger partial charge in [0.2, 0.25) is 5.65 Å². The molecule has 0 aliphatic carbocycles. The SMILES string of the molecule is COc1ccc(-c2nnc3nc(Cc4ccc(F)cc4)nc(NCc4ccc(F)cc4)c3n2)cc1OC.N. The third kappa shape index (κ3) is 5.79. The first kappa shape index (κ1) is 26.3. The normalized spacial score (nSPS) is 10.6. The molecule has 2 aromatic heterocycles. The molecule has 0 saturated heterocycles. The number of anilines is 1. The second-order valence-electron chi connectivity index (χ2n) is 8.15. The number of nitrogens with one attached hydrogen (secondary N) is 1. The van der Waals surface area contributed by atoms with E-state index in [-0.39, 0.29) is 17.8 Å². The van der Waals surface area contributed by atoms with E-state index in [1.165, 1.54) is 24.3 Å². The van der Waals surface area contributed by atoms with Gasteiger partial charge in [0.1, 0.15) is 17.5 Å². The van der Waals surface area contributed by atoms with Gasteiger partial charge in [0, 0.05) is 18.5 Å². The van der Waals surface area contributed by atoms with Gasteiger partial charge in [-0.05, 0) is 53.6 Å². The van der Waals surface area contributed by atoms with E-state index in [1.807, 2.05) is 0 Å². The molecule has 2 heterocycles. The Balaban J connectivity index is 0.00000336. The van der Waals surface area contributed by atoms with Crippen molar-refractivity contribution in [3.05, 3.63) is 95.3 Å². The zero-order chi connectivity index (χ0) is 25.8. The van der Waals surface area contributed by atoms with Crippen LogP contribution in [0.15, 0.2) is 66.7 Å². The van der Waals surface area contributed by atoms with Gasteiger partial charge in [0.25, 0.3) is 0 Å². The number of methoxy groups -OCH3 is 2. The lowest BCUT2D eigenvalue weighted by Crippen LogP contribution is -2.09. The van der Waals surface area contributed by atoms with Crippen LogP contribution in [0.3, 0.4) is 0 Å². The number of ether oxygens (including phenoxy) is 2. The Bertz CT molecular complexity index is 1550. The highest BCUT2D eigenvalue weighted by Gasteiger charge is 2.15. The van der Waals surface area contributed by atoms with E-state index in [2.05, 4.69) is 25.5 Å². The number of hydrogen-bond donors (Lipinski definition) is 2. The van der Waals surface area contributed by atoms with Crippen LogP contribution in [-0.2, 0) is 13.0 Å². The fraction of sp³-hybridized carbons (Fsp3) is 0.148. The van der Waals surface area contributed by atoms with Crippen molar-refractivity contribution in [1.29, 1.82) is 0 Å². The highest BCUT2D eigenvalue weighted by molar-refractivity contribution is 5.83. The molecule has 0 radical (unpaired) electrons. The highest BCUT2D eigenvalue weighted by atomic mass is 19.1. The standard InChI is InChI=1S/C27H22F2N6O2.H3N/c1-36-21-12-7-18(14-22(21)37-2)25-33-24-26(30-15-17-5-10-20(29)11-6-17)31-23(32-27(24)35-34-25)13-16-3-8-19(28)9-4-16;/h3-12,14H,13,15H2,1-2H3,(H,30,31,32,35);1H3. The average Bonchev–Trinajstić information content (AvgIpc) is 2.93. The van der Waals surface area contributed by atoms with Crippen molar-refractivity contribution in [2.24, 2.45) is 0 Å². The van der Waals surface area contributed by atoms with Gasteiger partial charge in [-0.25, -0.2) is 23.7 Å². The fourth-order valence-corrected chi connectivity index (χ4v) is 3.76. The van der Waals surface area contributed by atoms with Crippen molar-refractivity contribution >= 4 is 17.0 Å². The molecule has 11 heteroatoms. The number of halogens is 2. The van der Waals surface area contributed by atoms with E-state index in [1.54, 1.807) is 56.7 Å². The largest absolute Gasteiger partial charge is 0.493 e. The first-order chi connectivity index (χ1) is 18.0. The Morgan fingerprint density at radius 3 is 2.05 bits per heavy atom. The highest BCUT2D eigenvalue weighted by Crippen LogP contribution is 2.31. The summed E-state index contributed by atoms with van der Waals surface area (Å²) in [4.78, 5) is 13.9. The number of aromatic nitrogens is 5. The number of fused-ring (bicyclic) bond motifs is 1. The van der Waals surface area contributed by atoms with Crippen LogP contribution in [0.25, 0.3) is 22.6 Å². The maximum Gasteiger partial charge on any atom is 0.206 e. The zero-order valence-corrected chi connectivity index (χ0v) is 20.8. The van der Waals surface area contributed by atoms with Crippen molar-refractivity contribution < 1.29 is 18.3 Å². The molecule has 5 aromatic rings. The minimum atomic E-state index is -0.317. The lowest BCUT2D eigenvalue weighted by atomic mass is 10.1. The summed E-state index contributed by atoms with van der Waals surface area (Å²) in [5, 5.41) is 11.9. The molecule has 0 amide bonds. The molecule has 0 unspecified atom stereocenters. The predicted octanol–water partition coefficient (Wildman–Crippen LogP) is 5.14. The molecule has 0 saturated carbocycles. The maximum atomic E-state index is 13.3. The molecule has 0 aliphatic rings. The molecular weight excluding hydrogens is 492 g/mol. The van der Waals surface area contributed by atoms with E-state index in [9.17, 15) is 8.78 Å². The number of rotatable bonds is 8. The van der Waals surface area contributed by atoms with Crippen molar-refractivity contribution in [3.8, 4) is 22.9 Å². The van der Waals surface area contributed by atoms with Crippen LogP contribution < -0.4 is 20.9 Å². The predicted molar refractivity (Wildman–Crippen MR) is 139 cm³/mol. The first-order valence-electron chi connectivity index (χ1n) is 11.4. The van der Waals surface area contributed by atoms with Crippen LogP contribution in [0.4, 0.5) is 14.6 Å². The summed E-state index contributed by atoms with van der Waals surface area (Å²) in [6.07, 6.45) is 0.362. The Labute approximate surface area is 217 Å². The summed E-state index contributed by atoms with van der Waals surface area (Å²) in [6.45, 7) is 0.373. The lowest BCUT2D eigenvalue weighted by Gasteiger charge is -2.12. The van der Waals surface area contributed by atoms with Gasteiger partial charge >= 0.3 is 0 Å². The minimum Gasteiger partial charge on any atom is -0.493 e. The fourth-order valence-electron chi connectivity index (χ4n) is 3.76. The molecule has 9 nitrogen and oxygen atoms in total. The smallest absolute Gasteiger partial charge is 0.206 e. The van der Waals surface area contributed by atoms with Gasteiger partial charge < -0.3 is 20.9 Å². The molecule has 0 aliphatic heterocycles. The molecule has 0 fully saturated rings. The van der Waals surface area contributed by atoms with Crippen LogP contribution in [0.1, 0.15) is 17.0 Å². The van der Waals surface area contributed by atoms with Crippen LogP contribution in [0, 0.1) is 11.6 Å². The lowest BCUT2D eigenvalue weighted by molar-refractivity contribution is 0.355. The number of nitrogens with zero attached hydrogens (tertiary/aromatic N) is 5. The van der Waals surface area contributed by atoms with Crippen molar-refractivity contribution in [2.75, 3.05) is 19.5 Å². The summed E-state index contributed by atoms with van der Waals surface area (Å²) in [7, 11) is 3.11. The average molecular weight is 518 g/mol. The molecule has 38 heavy (non-hydrogen) atoms. The van der Waals surface area contributed by atoms with E-state index in [0.717, 1.165) is 11.1 Å². The molecule has 0 spiro atoms. The topological polar surface area (TPSA) is 130 Å². The summed E-state index contributed by atoms with van der Waals surface area (Å²) >= 11 is 0. The summed E-state index contributed by atoms with van der Waals surface area (Å²) in [6, 6.07) is 17.6. The Morgan fingerprint density at radius 2 is 1.39 bits per heavy atom. The van der Waals surface area contributed by atoms with E-state index in [4.69, 9.17) is 14.5 Å². The molecule has 3 aromatic carbocycles. The summed E-state index contributed by atoms with van der Waals surface area (Å²) in [5.41, 5.74) is 3.10. The van der Waals surface area contributed by atoms with Crippen molar-refractivity contribution in [2.45, 2.75) is 13.0 Å². The van der Waals surface area contributed by atoms with Gasteiger partial charge in [-0.3, -0.25) is 0 Å². The Hall–Kier alpha value is -4.77. The Kier molecular flexibility index (Phi) is 7.97. The molecule has 0 atom stereocenters. The van der Waals surface area contributed by atoms with Gasteiger partial charge in [-0.15, -0.1) is 10.2 Å². The number of benzene rings is 3. The van der Waals surface area contributed by atoms with Crippen LogP contribution in [0.2, 0.25) is 0 Å². The zero-order valence-electron chi connectivity index (χ0n) is 20.8. The van der Waals surface area contributed by atoms with Crippen LogP contribution in [-0.4, -0.2) is 39.4 Å².